The molecule has 0 aliphatic heterocycles. The highest BCUT2D eigenvalue weighted by atomic mass is 32.2. The summed E-state index contributed by atoms with van der Waals surface area (Å²) in [5.74, 6) is 0.982. The number of thioether (sulfide) groups is 1. The van der Waals surface area contributed by atoms with Crippen molar-refractivity contribution in [2.24, 2.45) is 0 Å². The van der Waals surface area contributed by atoms with Gasteiger partial charge >= 0.3 is 0 Å². The number of benzene rings is 3. The minimum absolute atomic E-state index is 0.0587. The molecule has 3 rings (SSSR count). The molecule has 1 N–H and O–H groups in total. The molecule has 0 radical (unpaired) electrons. The van der Waals surface area contributed by atoms with Gasteiger partial charge in [0.25, 0.3) is 0 Å². The summed E-state index contributed by atoms with van der Waals surface area (Å²) in [6.45, 7) is 2.05. The number of rotatable bonds is 7. The SMILES string of the molecule is Cc1cc(CSc2ccccc2)ccc1NC(=O)CCc1ccccc1. The van der Waals surface area contributed by atoms with E-state index < -0.39 is 0 Å². The molecule has 3 heteroatoms. The smallest absolute Gasteiger partial charge is 0.224 e. The molecule has 0 saturated heterocycles. The van der Waals surface area contributed by atoms with Crippen molar-refractivity contribution in [2.75, 3.05) is 5.32 Å². The van der Waals surface area contributed by atoms with Crippen LogP contribution in [0.4, 0.5) is 5.69 Å². The van der Waals surface area contributed by atoms with Crippen molar-refractivity contribution in [3.63, 3.8) is 0 Å². The lowest BCUT2D eigenvalue weighted by Gasteiger charge is -2.10. The monoisotopic (exact) mass is 361 g/mol. The Morgan fingerprint density at radius 2 is 1.58 bits per heavy atom. The summed E-state index contributed by atoms with van der Waals surface area (Å²) in [4.78, 5) is 13.5. The lowest BCUT2D eigenvalue weighted by molar-refractivity contribution is -0.116. The van der Waals surface area contributed by atoms with Gasteiger partial charge in [0.2, 0.25) is 5.91 Å². The molecule has 0 spiro atoms. The van der Waals surface area contributed by atoms with E-state index in [2.05, 4.69) is 53.8 Å². The average molecular weight is 362 g/mol. The highest BCUT2D eigenvalue weighted by molar-refractivity contribution is 7.98. The van der Waals surface area contributed by atoms with Crippen LogP contribution >= 0.6 is 11.8 Å². The maximum Gasteiger partial charge on any atom is 0.224 e. The predicted octanol–water partition coefficient (Wildman–Crippen LogP) is 5.86. The highest BCUT2D eigenvalue weighted by Crippen LogP contribution is 2.25. The van der Waals surface area contributed by atoms with Crippen LogP contribution in [0.1, 0.15) is 23.1 Å². The molecule has 0 heterocycles. The summed E-state index contributed by atoms with van der Waals surface area (Å²) in [7, 11) is 0. The first-order chi connectivity index (χ1) is 12.7. The first-order valence-corrected chi connectivity index (χ1v) is 9.80. The Hall–Kier alpha value is -2.52. The Kier molecular flexibility index (Phi) is 6.50. The molecule has 132 valence electrons. The highest BCUT2D eigenvalue weighted by Gasteiger charge is 2.06. The summed E-state index contributed by atoms with van der Waals surface area (Å²) in [6.07, 6.45) is 1.26. The number of hydrogen-bond donors (Lipinski definition) is 1. The maximum absolute atomic E-state index is 12.2. The van der Waals surface area contributed by atoms with Crippen molar-refractivity contribution >= 4 is 23.4 Å². The standard InChI is InChI=1S/C23H23NOS/c1-18-16-20(17-26-21-10-6-3-7-11-21)12-14-22(18)24-23(25)15-13-19-8-4-2-5-9-19/h2-12,14,16H,13,15,17H2,1H3,(H,24,25). The van der Waals surface area contributed by atoms with Gasteiger partial charge in [0.1, 0.15) is 0 Å². The summed E-state index contributed by atoms with van der Waals surface area (Å²) in [5, 5.41) is 3.04. The zero-order chi connectivity index (χ0) is 18.2. The molecule has 26 heavy (non-hydrogen) atoms. The molecule has 3 aromatic rings. The maximum atomic E-state index is 12.2. The van der Waals surface area contributed by atoms with Gasteiger partial charge in [-0.15, -0.1) is 11.8 Å². The molecule has 0 saturated carbocycles. The van der Waals surface area contributed by atoms with Crippen molar-refractivity contribution in [2.45, 2.75) is 30.4 Å². The van der Waals surface area contributed by atoms with Crippen LogP contribution in [-0.2, 0) is 17.0 Å². The van der Waals surface area contributed by atoms with E-state index in [9.17, 15) is 4.79 Å². The summed E-state index contributed by atoms with van der Waals surface area (Å²) >= 11 is 1.82. The van der Waals surface area contributed by atoms with E-state index in [0.717, 1.165) is 23.4 Å². The molecule has 0 aromatic heterocycles. The predicted molar refractivity (Wildman–Crippen MR) is 111 cm³/mol. The number of hydrogen-bond acceptors (Lipinski definition) is 2. The van der Waals surface area contributed by atoms with E-state index in [1.165, 1.54) is 16.0 Å². The summed E-state index contributed by atoms with van der Waals surface area (Å²) in [6, 6.07) is 26.8. The van der Waals surface area contributed by atoms with E-state index in [1.54, 1.807) is 0 Å². The fourth-order valence-corrected chi connectivity index (χ4v) is 3.62. The number of aryl methyl sites for hydroxylation is 2. The largest absolute Gasteiger partial charge is 0.326 e. The Bertz CT molecular complexity index is 847. The topological polar surface area (TPSA) is 29.1 Å². The fourth-order valence-electron chi connectivity index (χ4n) is 2.75. The van der Waals surface area contributed by atoms with Crippen LogP contribution in [0.2, 0.25) is 0 Å². The van der Waals surface area contributed by atoms with Gasteiger partial charge in [-0.05, 0) is 48.2 Å². The molecule has 2 nitrogen and oxygen atoms in total. The van der Waals surface area contributed by atoms with Crippen LogP contribution in [0.3, 0.4) is 0 Å². The van der Waals surface area contributed by atoms with Crippen LogP contribution in [-0.4, -0.2) is 5.91 Å². The van der Waals surface area contributed by atoms with E-state index in [-0.39, 0.29) is 5.91 Å². The van der Waals surface area contributed by atoms with Gasteiger partial charge in [0.05, 0.1) is 0 Å². The van der Waals surface area contributed by atoms with Crippen molar-refractivity contribution in [1.29, 1.82) is 0 Å². The first-order valence-electron chi connectivity index (χ1n) is 8.82. The number of amides is 1. The van der Waals surface area contributed by atoms with Gasteiger partial charge in [-0.3, -0.25) is 4.79 Å². The molecular weight excluding hydrogens is 338 g/mol. The molecule has 0 fully saturated rings. The number of carbonyl (C=O) groups excluding carboxylic acids is 1. The second-order valence-electron chi connectivity index (χ2n) is 6.28. The molecular formula is C23H23NOS. The third-order valence-electron chi connectivity index (χ3n) is 4.20. The van der Waals surface area contributed by atoms with Crippen LogP contribution in [0.25, 0.3) is 0 Å². The third-order valence-corrected chi connectivity index (χ3v) is 5.28. The van der Waals surface area contributed by atoms with Crippen LogP contribution in [0.5, 0.6) is 0 Å². The molecule has 3 aromatic carbocycles. The van der Waals surface area contributed by atoms with Crippen LogP contribution < -0.4 is 5.32 Å². The van der Waals surface area contributed by atoms with Crippen molar-refractivity contribution in [3.05, 3.63) is 95.6 Å². The Balaban J connectivity index is 1.53. The van der Waals surface area contributed by atoms with Gasteiger partial charge < -0.3 is 5.32 Å². The lowest BCUT2D eigenvalue weighted by atomic mass is 10.1. The van der Waals surface area contributed by atoms with E-state index >= 15 is 0 Å². The van der Waals surface area contributed by atoms with Gasteiger partial charge in [0, 0.05) is 22.8 Å². The molecule has 0 aliphatic carbocycles. The number of nitrogens with one attached hydrogen (secondary N) is 1. The quantitative estimate of drug-likeness (QED) is 0.534. The lowest BCUT2D eigenvalue weighted by Crippen LogP contribution is -2.13. The van der Waals surface area contributed by atoms with Crippen molar-refractivity contribution in [3.8, 4) is 0 Å². The van der Waals surface area contributed by atoms with Gasteiger partial charge in [-0.2, -0.15) is 0 Å². The van der Waals surface area contributed by atoms with E-state index in [0.29, 0.717) is 6.42 Å². The molecule has 0 atom stereocenters. The Morgan fingerprint density at radius 3 is 2.27 bits per heavy atom. The van der Waals surface area contributed by atoms with Crippen molar-refractivity contribution < 1.29 is 4.79 Å². The van der Waals surface area contributed by atoms with Crippen molar-refractivity contribution in [1.82, 2.24) is 0 Å². The molecule has 0 bridgehead atoms. The second-order valence-corrected chi connectivity index (χ2v) is 7.33. The number of anilines is 1. The normalized spacial score (nSPS) is 10.5. The zero-order valence-electron chi connectivity index (χ0n) is 14.9. The Labute approximate surface area is 159 Å². The first kappa shape index (κ1) is 18.3. The summed E-state index contributed by atoms with van der Waals surface area (Å²) < 4.78 is 0. The van der Waals surface area contributed by atoms with Crippen LogP contribution in [0, 0.1) is 6.92 Å². The minimum Gasteiger partial charge on any atom is -0.326 e. The molecule has 0 aliphatic rings. The van der Waals surface area contributed by atoms with E-state index in [4.69, 9.17) is 0 Å². The Morgan fingerprint density at radius 1 is 0.885 bits per heavy atom. The minimum atomic E-state index is 0.0587. The zero-order valence-corrected chi connectivity index (χ0v) is 15.8. The molecule has 1 amide bonds. The summed E-state index contributed by atoms with van der Waals surface area (Å²) in [5.41, 5.74) is 4.45. The van der Waals surface area contributed by atoms with Gasteiger partial charge in [-0.25, -0.2) is 0 Å². The molecule has 0 unspecified atom stereocenters. The van der Waals surface area contributed by atoms with Gasteiger partial charge in [0.15, 0.2) is 0 Å². The second kappa shape index (κ2) is 9.25. The third kappa shape index (κ3) is 5.50. The number of carbonyl (C=O) groups is 1. The fraction of sp³-hybridized carbons (Fsp3) is 0.174. The average Bonchev–Trinajstić information content (AvgIpc) is 2.68. The van der Waals surface area contributed by atoms with Crippen LogP contribution in [0.15, 0.2) is 83.8 Å². The van der Waals surface area contributed by atoms with Gasteiger partial charge in [-0.1, -0.05) is 60.7 Å². The van der Waals surface area contributed by atoms with E-state index in [1.807, 2.05) is 49.0 Å².